The van der Waals surface area contributed by atoms with E-state index in [0.29, 0.717) is 6.10 Å². The fraction of sp³-hybridized carbons (Fsp3) is 0.750. The molecule has 17 heavy (non-hydrogen) atoms. The van der Waals surface area contributed by atoms with Gasteiger partial charge in [0.25, 0.3) is 0 Å². The number of hydrogen-bond acceptors (Lipinski definition) is 4. The minimum atomic E-state index is 0.324. The van der Waals surface area contributed by atoms with Gasteiger partial charge in [-0.1, -0.05) is 6.92 Å². The Morgan fingerprint density at radius 2 is 2.41 bits per heavy atom. The van der Waals surface area contributed by atoms with Gasteiger partial charge in [-0.15, -0.1) is 0 Å². The number of ether oxygens (including phenoxy) is 1. The molecule has 96 valence electrons. The van der Waals surface area contributed by atoms with Gasteiger partial charge in [-0.2, -0.15) is 5.10 Å². The van der Waals surface area contributed by atoms with E-state index >= 15 is 0 Å². The van der Waals surface area contributed by atoms with E-state index in [9.17, 15) is 0 Å². The van der Waals surface area contributed by atoms with Crippen molar-refractivity contribution in [3.05, 3.63) is 6.20 Å². The maximum Gasteiger partial charge on any atom is 0.173 e. The molecule has 2 rings (SSSR count). The molecule has 0 spiro atoms. The van der Waals surface area contributed by atoms with Crippen LogP contribution in [0.3, 0.4) is 0 Å². The summed E-state index contributed by atoms with van der Waals surface area (Å²) in [6, 6.07) is 0. The molecule has 2 N–H and O–H groups in total. The maximum atomic E-state index is 5.95. The van der Waals surface area contributed by atoms with Crippen LogP contribution < -0.4 is 10.6 Å². The molecule has 1 unspecified atom stereocenters. The SMILES string of the molecule is CCCOC1CCCN(c2nn(C)cc2N)C1. The summed E-state index contributed by atoms with van der Waals surface area (Å²) in [5, 5.41) is 4.41. The smallest absolute Gasteiger partial charge is 0.173 e. The highest BCUT2D eigenvalue weighted by Gasteiger charge is 2.23. The minimum absolute atomic E-state index is 0.324. The number of piperidine rings is 1. The lowest BCUT2D eigenvalue weighted by atomic mass is 10.1. The van der Waals surface area contributed by atoms with E-state index in [2.05, 4.69) is 16.9 Å². The van der Waals surface area contributed by atoms with Crippen molar-refractivity contribution in [3.63, 3.8) is 0 Å². The fourth-order valence-corrected chi connectivity index (χ4v) is 2.29. The average molecular weight is 238 g/mol. The molecule has 0 aromatic carbocycles. The Morgan fingerprint density at radius 1 is 1.59 bits per heavy atom. The number of aromatic nitrogens is 2. The van der Waals surface area contributed by atoms with Gasteiger partial charge in [-0.3, -0.25) is 4.68 Å². The fourth-order valence-electron chi connectivity index (χ4n) is 2.29. The Hall–Kier alpha value is -1.23. The van der Waals surface area contributed by atoms with E-state index in [1.807, 2.05) is 13.2 Å². The van der Waals surface area contributed by atoms with E-state index < -0.39 is 0 Å². The molecule has 2 heterocycles. The van der Waals surface area contributed by atoms with Crippen LogP contribution in [0.15, 0.2) is 6.20 Å². The van der Waals surface area contributed by atoms with Crippen molar-refractivity contribution in [3.8, 4) is 0 Å². The molecule has 5 heteroatoms. The van der Waals surface area contributed by atoms with Crippen LogP contribution in [0, 0.1) is 0 Å². The quantitative estimate of drug-likeness (QED) is 0.861. The van der Waals surface area contributed by atoms with Crippen LogP contribution in [-0.4, -0.2) is 35.6 Å². The zero-order valence-electron chi connectivity index (χ0n) is 10.7. The van der Waals surface area contributed by atoms with Gasteiger partial charge in [0.1, 0.15) is 0 Å². The summed E-state index contributed by atoms with van der Waals surface area (Å²) < 4.78 is 7.58. The molecule has 0 amide bonds. The lowest BCUT2D eigenvalue weighted by Gasteiger charge is -2.33. The molecule has 1 fully saturated rings. The Labute approximate surface area is 103 Å². The van der Waals surface area contributed by atoms with Crippen LogP contribution >= 0.6 is 0 Å². The topological polar surface area (TPSA) is 56.3 Å². The third-order valence-corrected chi connectivity index (χ3v) is 3.07. The van der Waals surface area contributed by atoms with Gasteiger partial charge >= 0.3 is 0 Å². The molecule has 1 saturated heterocycles. The summed E-state index contributed by atoms with van der Waals surface area (Å²) in [7, 11) is 1.90. The molecule has 1 aliphatic heterocycles. The lowest BCUT2D eigenvalue weighted by molar-refractivity contribution is 0.0439. The van der Waals surface area contributed by atoms with Crippen LogP contribution in [0.2, 0.25) is 0 Å². The number of nitrogens with two attached hydrogens (primary N) is 1. The predicted molar refractivity (Wildman–Crippen MR) is 69.1 cm³/mol. The molecule has 5 nitrogen and oxygen atoms in total. The first-order chi connectivity index (χ1) is 8.20. The van der Waals surface area contributed by atoms with Gasteiger partial charge < -0.3 is 15.4 Å². The van der Waals surface area contributed by atoms with Crippen molar-refractivity contribution in [2.45, 2.75) is 32.3 Å². The van der Waals surface area contributed by atoms with Crippen molar-refractivity contribution >= 4 is 11.5 Å². The van der Waals surface area contributed by atoms with E-state index in [-0.39, 0.29) is 0 Å². The highest BCUT2D eigenvalue weighted by molar-refractivity contribution is 5.61. The molecule has 1 aromatic heterocycles. The first kappa shape index (κ1) is 12.2. The molecule has 1 atom stereocenters. The summed E-state index contributed by atoms with van der Waals surface area (Å²) in [5.74, 6) is 0.900. The first-order valence-electron chi connectivity index (χ1n) is 6.36. The third kappa shape index (κ3) is 2.91. The Balaban J connectivity index is 1.99. The number of anilines is 2. The highest BCUT2D eigenvalue weighted by Crippen LogP contribution is 2.24. The van der Waals surface area contributed by atoms with Crippen molar-refractivity contribution < 1.29 is 4.74 Å². The van der Waals surface area contributed by atoms with E-state index in [1.165, 1.54) is 0 Å². The molecular formula is C12H22N4O. The van der Waals surface area contributed by atoms with Crippen LogP contribution in [0.1, 0.15) is 26.2 Å². The van der Waals surface area contributed by atoms with E-state index in [0.717, 1.165) is 50.5 Å². The molecule has 0 saturated carbocycles. The number of hydrogen-bond donors (Lipinski definition) is 1. The minimum Gasteiger partial charge on any atom is -0.394 e. The summed E-state index contributed by atoms with van der Waals surface area (Å²) in [4.78, 5) is 2.24. The van der Waals surface area contributed by atoms with Crippen LogP contribution in [0.4, 0.5) is 11.5 Å². The molecule has 0 bridgehead atoms. The standard InChI is InChI=1S/C12H22N4O/c1-3-7-17-10-5-4-6-16(8-10)12-11(13)9-15(2)14-12/h9-10H,3-8,13H2,1-2H3. The van der Waals surface area contributed by atoms with Gasteiger partial charge in [0.2, 0.25) is 0 Å². The second-order valence-electron chi connectivity index (χ2n) is 4.66. The van der Waals surface area contributed by atoms with Gasteiger partial charge in [-0.25, -0.2) is 0 Å². The second kappa shape index (κ2) is 5.40. The van der Waals surface area contributed by atoms with Gasteiger partial charge in [0, 0.05) is 32.9 Å². The number of nitrogens with zero attached hydrogens (tertiary/aromatic N) is 3. The number of nitrogen functional groups attached to an aromatic ring is 1. The van der Waals surface area contributed by atoms with E-state index in [4.69, 9.17) is 10.5 Å². The normalized spacial score (nSPS) is 20.8. The maximum absolute atomic E-state index is 5.95. The average Bonchev–Trinajstić information content (AvgIpc) is 2.66. The molecule has 0 aliphatic carbocycles. The largest absolute Gasteiger partial charge is 0.394 e. The van der Waals surface area contributed by atoms with Crippen LogP contribution in [0.5, 0.6) is 0 Å². The molecular weight excluding hydrogens is 216 g/mol. The molecule has 1 aromatic rings. The number of aryl methyl sites for hydroxylation is 1. The van der Waals surface area contributed by atoms with Gasteiger partial charge in [0.15, 0.2) is 5.82 Å². The Morgan fingerprint density at radius 3 is 3.06 bits per heavy atom. The monoisotopic (exact) mass is 238 g/mol. The Bertz CT molecular complexity index is 363. The van der Waals surface area contributed by atoms with Gasteiger partial charge in [-0.05, 0) is 19.3 Å². The van der Waals surface area contributed by atoms with Crippen molar-refractivity contribution in [2.24, 2.45) is 7.05 Å². The first-order valence-corrected chi connectivity index (χ1v) is 6.36. The highest BCUT2D eigenvalue weighted by atomic mass is 16.5. The zero-order valence-corrected chi connectivity index (χ0v) is 10.7. The van der Waals surface area contributed by atoms with Crippen molar-refractivity contribution in [2.75, 3.05) is 30.3 Å². The number of rotatable bonds is 4. The molecule has 1 aliphatic rings. The summed E-state index contributed by atoms with van der Waals surface area (Å²) in [6.45, 7) is 4.90. The second-order valence-corrected chi connectivity index (χ2v) is 4.66. The van der Waals surface area contributed by atoms with Crippen molar-refractivity contribution in [1.82, 2.24) is 9.78 Å². The van der Waals surface area contributed by atoms with E-state index in [1.54, 1.807) is 4.68 Å². The van der Waals surface area contributed by atoms with Crippen LogP contribution in [-0.2, 0) is 11.8 Å². The zero-order chi connectivity index (χ0) is 12.3. The van der Waals surface area contributed by atoms with Gasteiger partial charge in [0.05, 0.1) is 11.8 Å². The van der Waals surface area contributed by atoms with Crippen molar-refractivity contribution in [1.29, 1.82) is 0 Å². The predicted octanol–water partition coefficient (Wildman–Crippen LogP) is 1.40. The summed E-state index contributed by atoms with van der Waals surface area (Å²) >= 11 is 0. The summed E-state index contributed by atoms with van der Waals surface area (Å²) in [5.41, 5.74) is 6.71. The summed E-state index contributed by atoms with van der Waals surface area (Å²) in [6.07, 6.45) is 5.53. The van der Waals surface area contributed by atoms with Crippen LogP contribution in [0.25, 0.3) is 0 Å². The molecule has 0 radical (unpaired) electrons. The Kier molecular flexibility index (Phi) is 3.89. The lowest BCUT2D eigenvalue weighted by Crippen LogP contribution is -2.40. The third-order valence-electron chi connectivity index (χ3n) is 3.07.